The fourth-order valence-electron chi connectivity index (χ4n) is 2.79. The summed E-state index contributed by atoms with van der Waals surface area (Å²) in [5, 5.41) is 5.33. The monoisotopic (exact) mass is 338 g/mol. The molecule has 3 rings (SSSR count). The Hall–Kier alpha value is -2.82. The van der Waals surface area contributed by atoms with Crippen molar-refractivity contribution < 1.29 is 14.3 Å². The van der Waals surface area contributed by atoms with Crippen LogP contribution < -0.4 is 15.4 Å². The minimum absolute atomic E-state index is 0.134. The van der Waals surface area contributed by atoms with E-state index in [9.17, 15) is 9.59 Å². The summed E-state index contributed by atoms with van der Waals surface area (Å²) in [5.41, 5.74) is 3.98. The van der Waals surface area contributed by atoms with Gasteiger partial charge in [0.25, 0.3) is 0 Å². The zero-order valence-electron chi connectivity index (χ0n) is 14.5. The molecule has 1 aliphatic heterocycles. The number of hydrogen-bond donors (Lipinski definition) is 2. The zero-order chi connectivity index (χ0) is 17.8. The molecule has 1 atom stereocenters. The van der Waals surface area contributed by atoms with Crippen molar-refractivity contribution in [3.05, 3.63) is 59.2 Å². The van der Waals surface area contributed by atoms with Crippen LogP contribution in [-0.4, -0.2) is 25.0 Å². The predicted octanol–water partition coefficient (Wildman–Crippen LogP) is 2.79. The van der Waals surface area contributed by atoms with Crippen LogP contribution in [0.25, 0.3) is 0 Å². The maximum Gasteiger partial charge on any atom is 0.313 e. The summed E-state index contributed by atoms with van der Waals surface area (Å²) in [5.74, 6) is -0.311. The van der Waals surface area contributed by atoms with E-state index in [0.29, 0.717) is 18.8 Å². The van der Waals surface area contributed by atoms with Gasteiger partial charge in [0.1, 0.15) is 5.75 Å². The van der Waals surface area contributed by atoms with Crippen molar-refractivity contribution in [2.24, 2.45) is 0 Å². The van der Waals surface area contributed by atoms with Gasteiger partial charge in [-0.15, -0.1) is 0 Å². The Morgan fingerprint density at radius 3 is 2.64 bits per heavy atom. The molecule has 2 N–H and O–H groups in total. The van der Waals surface area contributed by atoms with E-state index in [4.69, 9.17) is 4.74 Å². The van der Waals surface area contributed by atoms with E-state index < -0.39 is 11.8 Å². The highest BCUT2D eigenvalue weighted by Crippen LogP contribution is 2.27. The van der Waals surface area contributed by atoms with E-state index in [2.05, 4.69) is 10.6 Å². The molecule has 0 aromatic heterocycles. The molecular formula is C20H22N2O3. The molecule has 2 aromatic rings. The molecule has 0 spiro atoms. The largest absolute Gasteiger partial charge is 0.493 e. The lowest BCUT2D eigenvalue weighted by Crippen LogP contribution is -2.37. The second-order valence-corrected chi connectivity index (χ2v) is 6.40. The second kappa shape index (κ2) is 7.38. The highest BCUT2D eigenvalue weighted by molar-refractivity contribution is 6.39. The van der Waals surface area contributed by atoms with E-state index >= 15 is 0 Å². The van der Waals surface area contributed by atoms with Gasteiger partial charge in [-0.05, 0) is 42.2 Å². The molecule has 0 saturated heterocycles. The third-order valence-corrected chi connectivity index (χ3v) is 4.37. The number of nitrogens with one attached hydrogen (secondary N) is 2. The molecular weight excluding hydrogens is 316 g/mol. The Kier molecular flexibility index (Phi) is 5.03. The quantitative estimate of drug-likeness (QED) is 0.843. The molecule has 5 nitrogen and oxygen atoms in total. The number of carbonyl (C=O) groups excluding carboxylic acids is 2. The van der Waals surface area contributed by atoms with E-state index in [1.165, 1.54) is 5.56 Å². The molecule has 2 amide bonds. The number of ether oxygens (including phenoxy) is 1. The molecule has 0 aliphatic carbocycles. The zero-order valence-corrected chi connectivity index (χ0v) is 14.5. The molecule has 2 aromatic carbocycles. The topological polar surface area (TPSA) is 67.4 Å². The van der Waals surface area contributed by atoms with Crippen molar-refractivity contribution in [1.29, 1.82) is 0 Å². The summed E-state index contributed by atoms with van der Waals surface area (Å²) in [6.07, 6.45) is 0.819. The van der Waals surface area contributed by atoms with Crippen molar-refractivity contribution in [2.45, 2.75) is 26.2 Å². The molecule has 0 saturated carbocycles. The number of fused-ring (bicyclic) bond motifs is 1. The van der Waals surface area contributed by atoms with Gasteiger partial charge in [-0.25, -0.2) is 0 Å². The first kappa shape index (κ1) is 17.0. The van der Waals surface area contributed by atoms with Gasteiger partial charge in [0.15, 0.2) is 0 Å². The number of carbonyl (C=O) groups is 2. The Labute approximate surface area is 147 Å². The molecule has 0 bridgehead atoms. The fourth-order valence-corrected chi connectivity index (χ4v) is 2.79. The summed E-state index contributed by atoms with van der Waals surface area (Å²) < 4.78 is 5.43. The van der Waals surface area contributed by atoms with Crippen molar-refractivity contribution in [3.8, 4) is 5.75 Å². The number of hydrogen-bond acceptors (Lipinski definition) is 3. The maximum atomic E-state index is 12.1. The summed E-state index contributed by atoms with van der Waals surface area (Å²) in [7, 11) is 0. The lowest BCUT2D eigenvalue weighted by Gasteiger charge is -2.13. The van der Waals surface area contributed by atoms with Crippen LogP contribution in [-0.2, 0) is 16.0 Å². The van der Waals surface area contributed by atoms with Crippen LogP contribution in [0.4, 0.5) is 5.69 Å². The average molecular weight is 338 g/mol. The minimum Gasteiger partial charge on any atom is -0.493 e. The number of anilines is 1. The number of amides is 2. The Morgan fingerprint density at radius 2 is 1.88 bits per heavy atom. The van der Waals surface area contributed by atoms with Gasteiger partial charge in [-0.2, -0.15) is 0 Å². The highest BCUT2D eigenvalue weighted by Gasteiger charge is 2.17. The van der Waals surface area contributed by atoms with Crippen molar-refractivity contribution >= 4 is 17.5 Å². The molecule has 5 heteroatoms. The van der Waals surface area contributed by atoms with Crippen LogP contribution >= 0.6 is 0 Å². The second-order valence-electron chi connectivity index (χ2n) is 6.40. The van der Waals surface area contributed by atoms with E-state index in [-0.39, 0.29) is 5.92 Å². The summed E-state index contributed by atoms with van der Waals surface area (Å²) in [6.45, 7) is 5.12. The molecule has 0 radical (unpaired) electrons. The molecule has 25 heavy (non-hydrogen) atoms. The van der Waals surface area contributed by atoms with Crippen LogP contribution in [0.5, 0.6) is 5.75 Å². The van der Waals surface area contributed by atoms with Gasteiger partial charge in [-0.1, -0.05) is 36.8 Å². The first-order valence-electron chi connectivity index (χ1n) is 8.44. The first-order chi connectivity index (χ1) is 12.0. The van der Waals surface area contributed by atoms with Gasteiger partial charge in [0.05, 0.1) is 6.61 Å². The van der Waals surface area contributed by atoms with Gasteiger partial charge >= 0.3 is 11.8 Å². The third-order valence-electron chi connectivity index (χ3n) is 4.37. The number of rotatable bonds is 4. The normalized spacial score (nSPS) is 13.5. The van der Waals surface area contributed by atoms with Gasteiger partial charge < -0.3 is 15.4 Å². The van der Waals surface area contributed by atoms with Crippen molar-refractivity contribution in [2.75, 3.05) is 18.5 Å². The molecule has 0 fully saturated rings. The van der Waals surface area contributed by atoms with Gasteiger partial charge in [0, 0.05) is 18.7 Å². The lowest BCUT2D eigenvalue weighted by molar-refractivity contribution is -0.136. The SMILES string of the molecule is Cc1ccc(C(C)CNC(=O)C(=O)Nc2ccc3c(c2)CCO3)cc1. The highest BCUT2D eigenvalue weighted by atomic mass is 16.5. The predicted molar refractivity (Wildman–Crippen MR) is 96.9 cm³/mol. The number of benzene rings is 2. The smallest absolute Gasteiger partial charge is 0.313 e. The average Bonchev–Trinajstić information content (AvgIpc) is 3.07. The standard InChI is InChI=1S/C20H22N2O3/c1-13-3-5-15(6-4-13)14(2)12-21-19(23)20(24)22-17-7-8-18-16(11-17)9-10-25-18/h3-8,11,14H,9-10,12H2,1-2H3,(H,21,23)(H,22,24). The minimum atomic E-state index is -0.657. The van der Waals surface area contributed by atoms with Gasteiger partial charge in [-0.3, -0.25) is 9.59 Å². The maximum absolute atomic E-state index is 12.1. The van der Waals surface area contributed by atoms with Crippen LogP contribution in [0.1, 0.15) is 29.5 Å². The van der Waals surface area contributed by atoms with Crippen LogP contribution in [0.3, 0.4) is 0 Å². The van der Waals surface area contributed by atoms with E-state index in [0.717, 1.165) is 23.3 Å². The number of aryl methyl sites for hydroxylation is 1. The summed E-state index contributed by atoms with van der Waals surface area (Å²) >= 11 is 0. The lowest BCUT2D eigenvalue weighted by atomic mass is 10.00. The summed E-state index contributed by atoms with van der Waals surface area (Å²) in [4.78, 5) is 24.1. The third kappa shape index (κ3) is 4.18. The van der Waals surface area contributed by atoms with Crippen molar-refractivity contribution in [1.82, 2.24) is 5.32 Å². The molecule has 1 heterocycles. The van der Waals surface area contributed by atoms with Crippen LogP contribution in [0, 0.1) is 6.92 Å². The Morgan fingerprint density at radius 1 is 1.12 bits per heavy atom. The van der Waals surface area contributed by atoms with Crippen LogP contribution in [0.15, 0.2) is 42.5 Å². The van der Waals surface area contributed by atoms with Crippen LogP contribution in [0.2, 0.25) is 0 Å². The molecule has 130 valence electrons. The summed E-state index contributed by atoms with van der Waals surface area (Å²) in [6, 6.07) is 13.6. The Balaban J connectivity index is 1.52. The first-order valence-corrected chi connectivity index (χ1v) is 8.44. The molecule has 1 unspecified atom stereocenters. The fraction of sp³-hybridized carbons (Fsp3) is 0.300. The van der Waals surface area contributed by atoms with Crippen molar-refractivity contribution in [3.63, 3.8) is 0 Å². The Bertz CT molecular complexity index is 784. The van der Waals surface area contributed by atoms with E-state index in [1.54, 1.807) is 6.07 Å². The van der Waals surface area contributed by atoms with E-state index in [1.807, 2.05) is 50.2 Å². The molecule has 1 aliphatic rings. The van der Waals surface area contributed by atoms with Gasteiger partial charge in [0.2, 0.25) is 0 Å².